The van der Waals surface area contributed by atoms with Crippen molar-refractivity contribution in [2.24, 2.45) is 0 Å². The van der Waals surface area contributed by atoms with Gasteiger partial charge in [-0.05, 0) is 35.6 Å². The van der Waals surface area contributed by atoms with E-state index in [0.29, 0.717) is 12.5 Å². The molecule has 1 aromatic carbocycles. The van der Waals surface area contributed by atoms with Crippen LogP contribution in [0.4, 0.5) is 0 Å². The van der Waals surface area contributed by atoms with Crippen molar-refractivity contribution in [2.75, 3.05) is 26.3 Å². The van der Waals surface area contributed by atoms with Gasteiger partial charge in [-0.1, -0.05) is 38.1 Å². The minimum Gasteiger partial charge on any atom is -0.481 e. The lowest BCUT2D eigenvalue weighted by atomic mass is 10.0. The van der Waals surface area contributed by atoms with Gasteiger partial charge >= 0.3 is 5.97 Å². The van der Waals surface area contributed by atoms with Gasteiger partial charge in [0.15, 0.2) is 0 Å². The molecule has 1 saturated heterocycles. The highest BCUT2D eigenvalue weighted by Gasteiger charge is 2.18. The fourth-order valence-electron chi connectivity index (χ4n) is 3.64. The van der Waals surface area contributed by atoms with Gasteiger partial charge in [0.2, 0.25) is 0 Å². The molecule has 5 nitrogen and oxygen atoms in total. The van der Waals surface area contributed by atoms with Crippen LogP contribution < -0.4 is 0 Å². The minimum absolute atomic E-state index is 0.129. The molecule has 27 heavy (non-hydrogen) atoms. The molecular formula is C22H30N2O3. The lowest BCUT2D eigenvalue weighted by Crippen LogP contribution is -2.35. The molecule has 2 aromatic rings. The van der Waals surface area contributed by atoms with Gasteiger partial charge in [0, 0.05) is 37.6 Å². The summed E-state index contributed by atoms with van der Waals surface area (Å²) in [7, 11) is 0. The zero-order valence-electron chi connectivity index (χ0n) is 16.6. The number of carboxylic acids is 1. The summed E-state index contributed by atoms with van der Waals surface area (Å²) in [6.07, 6.45) is 0.129. The molecule has 146 valence electrons. The first-order valence-electron chi connectivity index (χ1n) is 9.77. The van der Waals surface area contributed by atoms with E-state index < -0.39 is 5.97 Å². The number of carbonyl (C=O) groups is 1. The van der Waals surface area contributed by atoms with Crippen LogP contribution in [0.15, 0.2) is 30.3 Å². The van der Waals surface area contributed by atoms with Gasteiger partial charge in [-0.15, -0.1) is 0 Å². The van der Waals surface area contributed by atoms with Gasteiger partial charge in [0.25, 0.3) is 0 Å². The topological polar surface area (TPSA) is 54.7 Å². The maximum absolute atomic E-state index is 11.1. The second kappa shape index (κ2) is 8.72. The Kier molecular flexibility index (Phi) is 6.34. The Bertz CT molecular complexity index is 772. The van der Waals surface area contributed by atoms with E-state index in [1.54, 1.807) is 0 Å². The molecule has 0 atom stereocenters. The average molecular weight is 370 g/mol. The molecule has 0 saturated carbocycles. The Morgan fingerprint density at radius 3 is 2.44 bits per heavy atom. The number of morpholine rings is 1. The molecule has 2 heterocycles. The van der Waals surface area contributed by atoms with E-state index in [1.165, 1.54) is 11.1 Å². The van der Waals surface area contributed by atoms with Crippen molar-refractivity contribution in [1.82, 2.24) is 9.47 Å². The summed E-state index contributed by atoms with van der Waals surface area (Å²) >= 11 is 0. The molecule has 0 spiro atoms. The fourth-order valence-corrected chi connectivity index (χ4v) is 3.64. The number of hydrogen-bond acceptors (Lipinski definition) is 3. The minimum atomic E-state index is -0.765. The molecular weight excluding hydrogens is 340 g/mol. The van der Waals surface area contributed by atoms with Crippen molar-refractivity contribution in [2.45, 2.75) is 46.2 Å². The Balaban J connectivity index is 1.91. The summed E-state index contributed by atoms with van der Waals surface area (Å²) in [4.78, 5) is 13.5. The fraction of sp³-hybridized carbons (Fsp3) is 0.500. The summed E-state index contributed by atoms with van der Waals surface area (Å²) in [5, 5.41) is 9.16. The third-order valence-electron chi connectivity index (χ3n) is 5.39. The molecule has 1 aliphatic heterocycles. The van der Waals surface area contributed by atoms with Crippen LogP contribution in [0.2, 0.25) is 0 Å². The van der Waals surface area contributed by atoms with Crippen molar-refractivity contribution < 1.29 is 14.6 Å². The lowest BCUT2D eigenvalue weighted by molar-refractivity contribution is -0.137. The van der Waals surface area contributed by atoms with Crippen LogP contribution in [0.3, 0.4) is 0 Å². The van der Waals surface area contributed by atoms with Crippen LogP contribution in [0, 0.1) is 6.92 Å². The van der Waals surface area contributed by atoms with Crippen LogP contribution in [-0.2, 0) is 22.6 Å². The summed E-state index contributed by atoms with van der Waals surface area (Å²) in [5.41, 5.74) is 5.98. The van der Waals surface area contributed by atoms with E-state index >= 15 is 0 Å². The predicted octanol–water partition coefficient (Wildman–Crippen LogP) is 3.89. The first-order chi connectivity index (χ1) is 13.0. The SMILES string of the molecule is Cc1c(CN2CCOCC2)cc(-c2ccc(C(C)C)cc2)n1CCC(=O)O. The second-order valence-corrected chi connectivity index (χ2v) is 7.60. The largest absolute Gasteiger partial charge is 0.481 e. The Morgan fingerprint density at radius 1 is 1.19 bits per heavy atom. The molecule has 0 radical (unpaired) electrons. The number of nitrogens with zero attached hydrogens (tertiary/aromatic N) is 2. The average Bonchev–Trinajstić information content (AvgIpc) is 2.96. The highest BCUT2D eigenvalue weighted by atomic mass is 16.5. The summed E-state index contributed by atoms with van der Waals surface area (Å²) < 4.78 is 7.61. The van der Waals surface area contributed by atoms with E-state index in [-0.39, 0.29) is 6.42 Å². The molecule has 1 fully saturated rings. The van der Waals surface area contributed by atoms with Crippen LogP contribution in [0.1, 0.15) is 43.0 Å². The van der Waals surface area contributed by atoms with Crippen LogP contribution in [0.25, 0.3) is 11.3 Å². The van der Waals surface area contributed by atoms with E-state index in [4.69, 9.17) is 9.84 Å². The van der Waals surface area contributed by atoms with Gasteiger partial charge in [0.05, 0.1) is 19.6 Å². The molecule has 5 heteroatoms. The maximum Gasteiger partial charge on any atom is 0.305 e. The molecule has 1 N–H and O–H groups in total. The van der Waals surface area contributed by atoms with Crippen molar-refractivity contribution in [3.8, 4) is 11.3 Å². The molecule has 0 unspecified atom stereocenters. The van der Waals surface area contributed by atoms with E-state index in [2.05, 4.69) is 60.6 Å². The zero-order valence-corrected chi connectivity index (χ0v) is 16.6. The number of hydrogen-bond donors (Lipinski definition) is 1. The summed E-state index contributed by atoms with van der Waals surface area (Å²) in [5.74, 6) is -0.268. The third kappa shape index (κ3) is 4.79. The van der Waals surface area contributed by atoms with Crippen molar-refractivity contribution in [3.63, 3.8) is 0 Å². The molecule has 3 rings (SSSR count). The van der Waals surface area contributed by atoms with Crippen molar-refractivity contribution in [3.05, 3.63) is 47.2 Å². The van der Waals surface area contributed by atoms with Gasteiger partial charge in [0.1, 0.15) is 0 Å². The van der Waals surface area contributed by atoms with E-state index in [9.17, 15) is 4.79 Å². The van der Waals surface area contributed by atoms with Gasteiger partial charge < -0.3 is 14.4 Å². The van der Waals surface area contributed by atoms with E-state index in [1.807, 2.05) is 0 Å². The van der Waals surface area contributed by atoms with Gasteiger partial charge in [-0.2, -0.15) is 0 Å². The van der Waals surface area contributed by atoms with Crippen molar-refractivity contribution in [1.29, 1.82) is 0 Å². The second-order valence-electron chi connectivity index (χ2n) is 7.60. The summed E-state index contributed by atoms with van der Waals surface area (Å²) in [6.45, 7) is 11.3. The smallest absolute Gasteiger partial charge is 0.305 e. The van der Waals surface area contributed by atoms with Gasteiger partial charge in [-0.3, -0.25) is 9.69 Å². The maximum atomic E-state index is 11.1. The van der Waals surface area contributed by atoms with Crippen molar-refractivity contribution >= 4 is 5.97 Å². The Labute approximate surface area is 161 Å². The molecule has 0 bridgehead atoms. The molecule has 0 aliphatic carbocycles. The number of aromatic nitrogens is 1. The highest BCUT2D eigenvalue weighted by molar-refractivity contribution is 5.67. The molecule has 0 amide bonds. The standard InChI is InChI=1S/C22H30N2O3/c1-16(2)18-4-6-19(7-5-18)21-14-20(15-23-10-12-27-13-11-23)17(3)24(21)9-8-22(25)26/h4-7,14,16H,8-13,15H2,1-3H3,(H,25,26). The normalized spacial score (nSPS) is 15.4. The van der Waals surface area contributed by atoms with E-state index in [0.717, 1.165) is 49.8 Å². The lowest BCUT2D eigenvalue weighted by Gasteiger charge is -2.26. The molecule has 1 aliphatic rings. The predicted molar refractivity (Wildman–Crippen MR) is 107 cm³/mol. The highest BCUT2D eigenvalue weighted by Crippen LogP contribution is 2.29. The van der Waals surface area contributed by atoms with Crippen LogP contribution in [-0.4, -0.2) is 46.8 Å². The van der Waals surface area contributed by atoms with Crippen LogP contribution >= 0.6 is 0 Å². The quantitative estimate of drug-likeness (QED) is 0.803. The number of carboxylic acid groups (broad SMARTS) is 1. The van der Waals surface area contributed by atoms with Crippen LogP contribution in [0.5, 0.6) is 0 Å². The number of ether oxygens (including phenoxy) is 1. The third-order valence-corrected chi connectivity index (χ3v) is 5.39. The zero-order chi connectivity index (χ0) is 19.4. The first-order valence-corrected chi connectivity index (χ1v) is 9.77. The number of aliphatic carboxylic acids is 1. The summed E-state index contributed by atoms with van der Waals surface area (Å²) in [6, 6.07) is 10.9. The Morgan fingerprint density at radius 2 is 1.85 bits per heavy atom. The number of rotatable bonds is 7. The monoisotopic (exact) mass is 370 g/mol. The Hall–Kier alpha value is -2.11. The van der Waals surface area contributed by atoms with Gasteiger partial charge in [-0.25, -0.2) is 0 Å². The number of benzene rings is 1. The molecule has 1 aromatic heterocycles. The first kappa shape index (κ1) is 19.6.